The minimum Gasteiger partial charge on any atom is -0.496 e. The van der Waals surface area contributed by atoms with Gasteiger partial charge in [-0.15, -0.1) is 0 Å². The highest BCUT2D eigenvalue weighted by atomic mass is 16.5. The number of hydrogen-bond donors (Lipinski definition) is 1. The van der Waals surface area contributed by atoms with Crippen molar-refractivity contribution >= 4 is 11.6 Å². The lowest BCUT2D eigenvalue weighted by Crippen LogP contribution is -2.24. The van der Waals surface area contributed by atoms with E-state index >= 15 is 0 Å². The first kappa shape index (κ1) is 20.2. The Morgan fingerprint density at radius 1 is 1.24 bits per heavy atom. The van der Waals surface area contributed by atoms with Crippen molar-refractivity contribution in [1.82, 2.24) is 14.7 Å². The number of fused-ring (bicyclic) bond motifs is 1. The van der Waals surface area contributed by atoms with Crippen molar-refractivity contribution in [2.75, 3.05) is 20.8 Å². The van der Waals surface area contributed by atoms with Gasteiger partial charge >= 0.3 is 0 Å². The second-order valence-electron chi connectivity index (χ2n) is 7.14. The minimum absolute atomic E-state index is 0.255. The summed E-state index contributed by atoms with van der Waals surface area (Å²) < 4.78 is 12.9. The molecule has 3 aromatic rings. The van der Waals surface area contributed by atoms with E-state index in [0.29, 0.717) is 23.6 Å². The van der Waals surface area contributed by atoms with Crippen LogP contribution in [0.1, 0.15) is 36.7 Å². The summed E-state index contributed by atoms with van der Waals surface area (Å²) in [5, 5.41) is 12.2. The molecule has 150 valence electrons. The lowest BCUT2D eigenvalue weighted by Gasteiger charge is -2.16. The first-order valence-corrected chi connectivity index (χ1v) is 9.29. The van der Waals surface area contributed by atoms with Gasteiger partial charge in [0.2, 0.25) is 0 Å². The monoisotopic (exact) mass is 392 g/mol. The summed E-state index contributed by atoms with van der Waals surface area (Å²) in [6.45, 7) is 6.10. The summed E-state index contributed by atoms with van der Waals surface area (Å²) in [7, 11) is 3.04. The number of nitrogens with one attached hydrogen (secondary N) is 1. The van der Waals surface area contributed by atoms with Crippen molar-refractivity contribution in [3.8, 4) is 28.8 Å². The number of benzene rings is 1. The van der Waals surface area contributed by atoms with Gasteiger partial charge in [0.15, 0.2) is 0 Å². The fourth-order valence-corrected chi connectivity index (χ4v) is 3.18. The zero-order valence-corrected chi connectivity index (χ0v) is 17.2. The maximum atomic E-state index is 12.5. The quantitative estimate of drug-likeness (QED) is 0.693. The molecule has 0 atom stereocenters. The van der Waals surface area contributed by atoms with Crippen LogP contribution in [0, 0.1) is 11.3 Å². The molecule has 0 saturated carbocycles. The van der Waals surface area contributed by atoms with E-state index in [2.05, 4.69) is 16.4 Å². The summed E-state index contributed by atoms with van der Waals surface area (Å²) in [4.78, 5) is 17.0. The van der Waals surface area contributed by atoms with Crippen LogP contribution < -0.4 is 14.8 Å². The standard InChI is InChI=1S/C22H24N4O3/c1-6-24-21(27)20-17(28-4)9-14(10-18(20)29-5)16-12-25-19-11-15(7-8-26(16)19)22(2,3)13-23/h7-12H,6H2,1-5H3,(H,24,27). The first-order chi connectivity index (χ1) is 13.9. The van der Waals surface area contributed by atoms with Gasteiger partial charge in [-0.25, -0.2) is 4.98 Å². The molecular weight excluding hydrogens is 368 g/mol. The zero-order valence-electron chi connectivity index (χ0n) is 17.2. The highest BCUT2D eigenvalue weighted by Gasteiger charge is 2.23. The number of imidazole rings is 1. The topological polar surface area (TPSA) is 88.6 Å². The predicted octanol–water partition coefficient (Wildman–Crippen LogP) is 3.57. The zero-order chi connectivity index (χ0) is 21.2. The summed E-state index contributed by atoms with van der Waals surface area (Å²) in [6.07, 6.45) is 3.64. The summed E-state index contributed by atoms with van der Waals surface area (Å²) >= 11 is 0. The molecule has 1 amide bonds. The molecule has 0 spiro atoms. The van der Waals surface area contributed by atoms with Crippen molar-refractivity contribution in [1.29, 1.82) is 5.26 Å². The third-order valence-electron chi connectivity index (χ3n) is 4.88. The fourth-order valence-electron chi connectivity index (χ4n) is 3.18. The highest BCUT2D eigenvalue weighted by Crippen LogP contribution is 2.35. The molecule has 0 aliphatic rings. The Morgan fingerprint density at radius 3 is 2.45 bits per heavy atom. The van der Waals surface area contributed by atoms with Crippen molar-refractivity contribution in [3.05, 3.63) is 47.8 Å². The minimum atomic E-state index is -0.603. The van der Waals surface area contributed by atoms with E-state index in [4.69, 9.17) is 9.47 Å². The molecule has 1 N–H and O–H groups in total. The molecule has 0 bridgehead atoms. The molecule has 2 aromatic heterocycles. The molecule has 0 saturated heterocycles. The highest BCUT2D eigenvalue weighted by molar-refractivity contribution is 6.00. The number of nitriles is 1. The lowest BCUT2D eigenvalue weighted by atomic mass is 9.87. The van der Waals surface area contributed by atoms with Gasteiger partial charge in [-0.2, -0.15) is 5.26 Å². The Hall–Kier alpha value is -3.53. The van der Waals surface area contributed by atoms with Gasteiger partial charge in [-0.3, -0.25) is 9.20 Å². The molecule has 0 fully saturated rings. The largest absolute Gasteiger partial charge is 0.496 e. The van der Waals surface area contributed by atoms with Gasteiger partial charge < -0.3 is 14.8 Å². The van der Waals surface area contributed by atoms with Crippen LogP contribution in [0.25, 0.3) is 16.9 Å². The van der Waals surface area contributed by atoms with E-state index in [0.717, 1.165) is 22.5 Å². The lowest BCUT2D eigenvalue weighted by molar-refractivity contribution is 0.0949. The molecule has 29 heavy (non-hydrogen) atoms. The summed E-state index contributed by atoms with van der Waals surface area (Å²) in [5.41, 5.74) is 2.99. The second-order valence-corrected chi connectivity index (χ2v) is 7.14. The van der Waals surface area contributed by atoms with Gasteiger partial charge in [-0.05, 0) is 50.6 Å². The molecule has 0 aliphatic heterocycles. The van der Waals surface area contributed by atoms with Crippen molar-refractivity contribution < 1.29 is 14.3 Å². The molecular formula is C22H24N4O3. The van der Waals surface area contributed by atoms with Crippen LogP contribution in [0.15, 0.2) is 36.7 Å². The molecule has 2 heterocycles. The normalized spacial score (nSPS) is 11.2. The number of nitrogens with zero attached hydrogens (tertiary/aromatic N) is 3. The van der Waals surface area contributed by atoms with Gasteiger partial charge in [0, 0.05) is 18.3 Å². The number of methoxy groups -OCH3 is 2. The number of pyridine rings is 1. The maximum absolute atomic E-state index is 12.5. The smallest absolute Gasteiger partial charge is 0.258 e. The molecule has 3 rings (SSSR count). The van der Waals surface area contributed by atoms with E-state index in [1.54, 1.807) is 18.3 Å². The number of ether oxygens (including phenoxy) is 2. The van der Waals surface area contributed by atoms with Gasteiger partial charge in [0.1, 0.15) is 22.7 Å². The number of amides is 1. The Balaban J connectivity index is 2.15. The SMILES string of the molecule is CCNC(=O)c1c(OC)cc(-c2cnc3cc(C(C)(C)C#N)ccn23)cc1OC. The van der Waals surface area contributed by atoms with E-state index in [-0.39, 0.29) is 5.91 Å². The van der Waals surface area contributed by atoms with E-state index in [9.17, 15) is 10.1 Å². The molecule has 0 aliphatic carbocycles. The summed E-state index contributed by atoms with van der Waals surface area (Å²) in [5.74, 6) is 0.583. The van der Waals surface area contributed by atoms with Crippen LogP contribution in [-0.4, -0.2) is 36.1 Å². The maximum Gasteiger partial charge on any atom is 0.258 e. The third kappa shape index (κ3) is 3.61. The Labute approximate surface area is 169 Å². The number of carbonyl (C=O) groups is 1. The Morgan fingerprint density at radius 2 is 1.90 bits per heavy atom. The average Bonchev–Trinajstić information content (AvgIpc) is 3.16. The van der Waals surface area contributed by atoms with Crippen molar-refractivity contribution in [2.45, 2.75) is 26.2 Å². The predicted molar refractivity (Wildman–Crippen MR) is 110 cm³/mol. The fraction of sp³-hybridized carbons (Fsp3) is 0.318. The van der Waals surface area contributed by atoms with E-state index < -0.39 is 5.41 Å². The summed E-state index contributed by atoms with van der Waals surface area (Å²) in [6, 6.07) is 9.72. The Bertz CT molecular complexity index is 1080. The second kappa shape index (κ2) is 7.84. The molecule has 1 aromatic carbocycles. The van der Waals surface area contributed by atoms with Crippen LogP contribution >= 0.6 is 0 Å². The Kier molecular flexibility index (Phi) is 5.46. The van der Waals surface area contributed by atoms with Crippen LogP contribution in [0.2, 0.25) is 0 Å². The van der Waals surface area contributed by atoms with Crippen LogP contribution in [0.3, 0.4) is 0 Å². The van der Waals surface area contributed by atoms with Gasteiger partial charge in [0.25, 0.3) is 5.91 Å². The number of hydrogen-bond acceptors (Lipinski definition) is 5. The van der Waals surface area contributed by atoms with Crippen LogP contribution in [0.5, 0.6) is 11.5 Å². The van der Waals surface area contributed by atoms with Crippen LogP contribution in [-0.2, 0) is 5.41 Å². The number of rotatable bonds is 6. The average molecular weight is 392 g/mol. The number of carbonyl (C=O) groups excluding carboxylic acids is 1. The van der Waals surface area contributed by atoms with Crippen molar-refractivity contribution in [3.63, 3.8) is 0 Å². The molecule has 7 heteroatoms. The molecule has 0 radical (unpaired) electrons. The van der Waals surface area contributed by atoms with Crippen molar-refractivity contribution in [2.24, 2.45) is 0 Å². The van der Waals surface area contributed by atoms with Crippen LogP contribution in [0.4, 0.5) is 0 Å². The van der Waals surface area contributed by atoms with Gasteiger partial charge in [0.05, 0.1) is 37.6 Å². The molecule has 7 nitrogen and oxygen atoms in total. The third-order valence-corrected chi connectivity index (χ3v) is 4.88. The number of aromatic nitrogens is 2. The first-order valence-electron chi connectivity index (χ1n) is 9.29. The van der Waals surface area contributed by atoms with E-state index in [1.165, 1.54) is 14.2 Å². The van der Waals surface area contributed by atoms with Gasteiger partial charge in [-0.1, -0.05) is 0 Å². The van der Waals surface area contributed by atoms with E-state index in [1.807, 2.05) is 43.5 Å². The molecule has 0 unspecified atom stereocenters.